The fourth-order valence-corrected chi connectivity index (χ4v) is 2.35. The number of hydrogen-bond acceptors (Lipinski definition) is 3. The average molecular weight is 272 g/mol. The zero-order chi connectivity index (χ0) is 12.3. The molecule has 2 aromatic rings. The Labute approximate surface area is 108 Å². The molecule has 2 rings (SSSR count). The molecule has 1 atom stereocenters. The minimum absolute atomic E-state index is 0.0458. The van der Waals surface area contributed by atoms with Crippen LogP contribution in [-0.2, 0) is 0 Å². The van der Waals surface area contributed by atoms with Gasteiger partial charge in [-0.2, -0.15) is 0 Å². The van der Waals surface area contributed by atoms with Crippen LogP contribution in [-0.4, -0.2) is 6.54 Å². The molecule has 1 aromatic carbocycles. The van der Waals surface area contributed by atoms with Crippen LogP contribution in [0.2, 0.25) is 5.02 Å². The van der Waals surface area contributed by atoms with Gasteiger partial charge < -0.3 is 10.5 Å². The molecule has 5 heteroatoms. The molecule has 0 aliphatic rings. The van der Waals surface area contributed by atoms with E-state index in [1.54, 1.807) is 11.3 Å². The van der Waals surface area contributed by atoms with E-state index in [1.807, 2.05) is 17.5 Å². The first kappa shape index (κ1) is 12.4. The molecule has 2 nitrogen and oxygen atoms in total. The molecule has 90 valence electrons. The monoisotopic (exact) mass is 271 g/mol. The Morgan fingerprint density at radius 2 is 2.24 bits per heavy atom. The Hall–Kier alpha value is -1.10. The van der Waals surface area contributed by atoms with Gasteiger partial charge in [0.25, 0.3) is 0 Å². The number of nitrogens with two attached hydrogens (primary N) is 1. The molecule has 0 bridgehead atoms. The normalized spacial score (nSPS) is 12.4. The molecule has 0 saturated heterocycles. The maximum atomic E-state index is 13.0. The quantitative estimate of drug-likeness (QED) is 0.922. The van der Waals surface area contributed by atoms with E-state index in [9.17, 15) is 4.39 Å². The molecule has 1 aromatic heterocycles. The zero-order valence-electron chi connectivity index (χ0n) is 8.90. The molecule has 0 saturated carbocycles. The van der Waals surface area contributed by atoms with E-state index >= 15 is 0 Å². The maximum absolute atomic E-state index is 13.0. The summed E-state index contributed by atoms with van der Waals surface area (Å²) >= 11 is 7.25. The SMILES string of the molecule is NCC(Oc1ccc(F)c(Cl)c1)c1cccs1. The van der Waals surface area contributed by atoms with E-state index in [-0.39, 0.29) is 11.1 Å². The number of thiophene rings is 1. The number of benzene rings is 1. The number of halogens is 2. The minimum atomic E-state index is -0.459. The van der Waals surface area contributed by atoms with Crippen LogP contribution in [0, 0.1) is 5.82 Å². The van der Waals surface area contributed by atoms with E-state index in [2.05, 4.69) is 0 Å². The van der Waals surface area contributed by atoms with Gasteiger partial charge in [-0.3, -0.25) is 0 Å². The van der Waals surface area contributed by atoms with Crippen molar-refractivity contribution >= 4 is 22.9 Å². The van der Waals surface area contributed by atoms with Gasteiger partial charge in [-0.25, -0.2) is 4.39 Å². The number of ether oxygens (including phenoxy) is 1. The average Bonchev–Trinajstić information content (AvgIpc) is 2.84. The summed E-state index contributed by atoms with van der Waals surface area (Å²) < 4.78 is 18.7. The van der Waals surface area contributed by atoms with Gasteiger partial charge in [0.1, 0.15) is 17.7 Å². The molecular weight excluding hydrogens is 261 g/mol. The van der Waals surface area contributed by atoms with Crippen molar-refractivity contribution < 1.29 is 9.13 Å². The number of hydrogen-bond donors (Lipinski definition) is 1. The van der Waals surface area contributed by atoms with E-state index in [0.717, 1.165) is 4.88 Å². The van der Waals surface area contributed by atoms with Gasteiger partial charge in [0.2, 0.25) is 0 Å². The van der Waals surface area contributed by atoms with Crippen molar-refractivity contribution in [2.75, 3.05) is 6.54 Å². The lowest BCUT2D eigenvalue weighted by Gasteiger charge is -2.16. The van der Waals surface area contributed by atoms with Crippen LogP contribution < -0.4 is 10.5 Å². The molecule has 0 spiro atoms. The largest absolute Gasteiger partial charge is 0.484 e. The summed E-state index contributed by atoms with van der Waals surface area (Å²) in [7, 11) is 0. The van der Waals surface area contributed by atoms with Crippen molar-refractivity contribution in [1.82, 2.24) is 0 Å². The first-order valence-electron chi connectivity index (χ1n) is 5.06. The molecule has 0 aliphatic heterocycles. The Morgan fingerprint density at radius 1 is 1.41 bits per heavy atom. The third-order valence-electron chi connectivity index (χ3n) is 2.24. The van der Waals surface area contributed by atoms with Crippen LogP contribution in [0.15, 0.2) is 35.7 Å². The Bertz CT molecular complexity index is 489. The molecule has 0 amide bonds. The van der Waals surface area contributed by atoms with Crippen LogP contribution in [0.4, 0.5) is 4.39 Å². The first-order chi connectivity index (χ1) is 8.20. The molecular formula is C12H11ClFNOS. The van der Waals surface area contributed by atoms with Crippen LogP contribution in [0.5, 0.6) is 5.75 Å². The van der Waals surface area contributed by atoms with Crippen molar-refractivity contribution in [2.45, 2.75) is 6.10 Å². The van der Waals surface area contributed by atoms with Crippen molar-refractivity contribution in [3.8, 4) is 5.75 Å². The van der Waals surface area contributed by atoms with Gasteiger partial charge in [-0.05, 0) is 23.6 Å². The first-order valence-corrected chi connectivity index (χ1v) is 6.31. The predicted molar refractivity (Wildman–Crippen MR) is 68.2 cm³/mol. The number of rotatable bonds is 4. The van der Waals surface area contributed by atoms with E-state index in [0.29, 0.717) is 12.3 Å². The highest BCUT2D eigenvalue weighted by atomic mass is 35.5. The molecule has 1 heterocycles. The molecule has 0 fully saturated rings. The van der Waals surface area contributed by atoms with Gasteiger partial charge in [0.15, 0.2) is 0 Å². The van der Waals surface area contributed by atoms with Crippen LogP contribution >= 0.6 is 22.9 Å². The topological polar surface area (TPSA) is 35.2 Å². The van der Waals surface area contributed by atoms with Crippen LogP contribution in [0.1, 0.15) is 11.0 Å². The van der Waals surface area contributed by atoms with Gasteiger partial charge in [0.05, 0.1) is 5.02 Å². The minimum Gasteiger partial charge on any atom is -0.484 e. The lowest BCUT2D eigenvalue weighted by Crippen LogP contribution is -2.17. The fourth-order valence-electron chi connectivity index (χ4n) is 1.41. The summed E-state index contributed by atoms with van der Waals surface area (Å²) in [5.41, 5.74) is 5.65. The van der Waals surface area contributed by atoms with E-state index < -0.39 is 5.82 Å². The van der Waals surface area contributed by atoms with Crippen molar-refractivity contribution in [3.05, 3.63) is 51.4 Å². The Morgan fingerprint density at radius 3 is 2.82 bits per heavy atom. The summed E-state index contributed by atoms with van der Waals surface area (Å²) in [4.78, 5) is 1.04. The molecule has 0 aliphatic carbocycles. The maximum Gasteiger partial charge on any atom is 0.145 e. The second-order valence-corrected chi connectivity index (χ2v) is 4.82. The summed E-state index contributed by atoms with van der Waals surface area (Å²) in [6.07, 6.45) is -0.225. The predicted octanol–water partition coefficient (Wildman–Crippen LogP) is 3.62. The Balaban J connectivity index is 2.16. The molecule has 1 unspecified atom stereocenters. The standard InChI is InChI=1S/C12H11ClFNOS/c13-9-6-8(3-4-10(9)14)16-11(7-15)12-2-1-5-17-12/h1-6,11H,7,15H2. The highest BCUT2D eigenvalue weighted by molar-refractivity contribution is 7.10. The molecule has 0 radical (unpaired) electrons. The third-order valence-corrected chi connectivity index (χ3v) is 3.50. The summed E-state index contributed by atoms with van der Waals surface area (Å²) in [5.74, 6) is 0.0553. The highest BCUT2D eigenvalue weighted by Gasteiger charge is 2.13. The van der Waals surface area contributed by atoms with Gasteiger partial charge in [-0.15, -0.1) is 11.3 Å². The van der Waals surface area contributed by atoms with Gasteiger partial charge in [0, 0.05) is 17.5 Å². The highest BCUT2D eigenvalue weighted by Crippen LogP contribution is 2.27. The van der Waals surface area contributed by atoms with E-state index in [1.165, 1.54) is 18.2 Å². The van der Waals surface area contributed by atoms with Crippen molar-refractivity contribution in [2.24, 2.45) is 5.73 Å². The second-order valence-electron chi connectivity index (χ2n) is 3.43. The zero-order valence-corrected chi connectivity index (χ0v) is 10.5. The second kappa shape index (κ2) is 5.49. The molecule has 2 N–H and O–H groups in total. The third kappa shape index (κ3) is 2.97. The Kier molecular flexibility index (Phi) is 3.99. The van der Waals surface area contributed by atoms with E-state index in [4.69, 9.17) is 22.1 Å². The van der Waals surface area contributed by atoms with Gasteiger partial charge >= 0.3 is 0 Å². The summed E-state index contributed by atoms with van der Waals surface area (Å²) in [6.45, 7) is 0.357. The molecule has 17 heavy (non-hydrogen) atoms. The smallest absolute Gasteiger partial charge is 0.145 e. The van der Waals surface area contributed by atoms with Crippen LogP contribution in [0.3, 0.4) is 0 Å². The van der Waals surface area contributed by atoms with Crippen molar-refractivity contribution in [3.63, 3.8) is 0 Å². The van der Waals surface area contributed by atoms with Gasteiger partial charge in [-0.1, -0.05) is 17.7 Å². The fraction of sp³-hybridized carbons (Fsp3) is 0.167. The summed E-state index contributed by atoms with van der Waals surface area (Å²) in [5, 5.41) is 2.00. The summed E-state index contributed by atoms with van der Waals surface area (Å²) in [6, 6.07) is 8.15. The lowest BCUT2D eigenvalue weighted by molar-refractivity contribution is 0.218. The van der Waals surface area contributed by atoms with Crippen molar-refractivity contribution in [1.29, 1.82) is 0 Å². The van der Waals surface area contributed by atoms with Crippen LogP contribution in [0.25, 0.3) is 0 Å². The lowest BCUT2D eigenvalue weighted by atomic mass is 10.3.